The van der Waals surface area contributed by atoms with Gasteiger partial charge in [0, 0.05) is 11.3 Å². The molecular formula is C22H17F3N2O4S. The summed E-state index contributed by atoms with van der Waals surface area (Å²) in [6.07, 6.45) is -3.50. The summed E-state index contributed by atoms with van der Waals surface area (Å²) in [5, 5.41) is 4.38. The van der Waals surface area contributed by atoms with E-state index < -0.39 is 28.7 Å². The highest BCUT2D eigenvalue weighted by Gasteiger charge is 2.39. The number of thioether (sulfide) groups is 1. The fourth-order valence-electron chi connectivity index (χ4n) is 3.65. The molecule has 0 spiro atoms. The molecular weight excluding hydrogens is 445 g/mol. The van der Waals surface area contributed by atoms with Gasteiger partial charge in [0.15, 0.2) is 0 Å². The number of ether oxygens (including phenoxy) is 1. The topological polar surface area (TPSA) is 84.5 Å². The van der Waals surface area contributed by atoms with Crippen molar-refractivity contribution in [3.8, 4) is 16.9 Å². The maximum Gasteiger partial charge on any atom is 0.573 e. The zero-order chi connectivity index (χ0) is 23.4. The van der Waals surface area contributed by atoms with E-state index in [0.717, 1.165) is 11.6 Å². The molecule has 0 unspecified atom stereocenters. The molecule has 6 nitrogen and oxygen atoms in total. The molecule has 0 aliphatic carbocycles. The molecule has 2 aliphatic heterocycles. The third-order valence-corrected chi connectivity index (χ3v) is 6.12. The first-order valence-electron chi connectivity index (χ1n) is 9.47. The SMILES string of the molecule is Cc1cc2c(cc1-c1cc(/C=C3/SC(=O)NC3=O)ccc1OC(F)(F)F)NC(=O)C2(C)C. The Morgan fingerprint density at radius 3 is 2.38 bits per heavy atom. The summed E-state index contributed by atoms with van der Waals surface area (Å²) >= 11 is 0.707. The van der Waals surface area contributed by atoms with Crippen molar-refractivity contribution in [3.05, 3.63) is 51.9 Å². The molecule has 0 aromatic heterocycles. The first-order chi connectivity index (χ1) is 14.8. The van der Waals surface area contributed by atoms with E-state index in [1.54, 1.807) is 32.9 Å². The highest BCUT2D eigenvalue weighted by atomic mass is 32.2. The molecule has 2 N–H and O–H groups in total. The van der Waals surface area contributed by atoms with Crippen molar-refractivity contribution in [2.24, 2.45) is 0 Å². The summed E-state index contributed by atoms with van der Waals surface area (Å²) in [5.41, 5.74) is 2.11. The molecule has 1 fully saturated rings. The quantitative estimate of drug-likeness (QED) is 0.619. The van der Waals surface area contributed by atoms with Gasteiger partial charge in [-0.05, 0) is 79.1 Å². The monoisotopic (exact) mass is 462 g/mol. The second-order valence-corrected chi connectivity index (χ2v) is 8.96. The number of halogens is 3. The Morgan fingerprint density at radius 2 is 1.75 bits per heavy atom. The van der Waals surface area contributed by atoms with Crippen LogP contribution in [0.25, 0.3) is 17.2 Å². The predicted octanol–water partition coefficient (Wildman–Crippen LogP) is 5.11. The number of carbonyl (C=O) groups excluding carboxylic acids is 3. The molecule has 1 saturated heterocycles. The van der Waals surface area contributed by atoms with Gasteiger partial charge in [0.05, 0.1) is 10.3 Å². The van der Waals surface area contributed by atoms with Crippen LogP contribution in [0.15, 0.2) is 35.2 Å². The lowest BCUT2D eigenvalue weighted by molar-refractivity contribution is -0.274. The van der Waals surface area contributed by atoms with Crippen molar-refractivity contribution >= 4 is 40.6 Å². The Labute approximate surface area is 185 Å². The van der Waals surface area contributed by atoms with Crippen molar-refractivity contribution in [1.29, 1.82) is 0 Å². The molecule has 0 radical (unpaired) electrons. The number of imide groups is 1. The van der Waals surface area contributed by atoms with Gasteiger partial charge < -0.3 is 10.1 Å². The highest BCUT2D eigenvalue weighted by molar-refractivity contribution is 8.18. The number of amides is 3. The molecule has 2 aromatic carbocycles. The maximum absolute atomic E-state index is 13.0. The van der Waals surface area contributed by atoms with Gasteiger partial charge in [-0.15, -0.1) is 13.2 Å². The Hall–Kier alpha value is -3.27. The van der Waals surface area contributed by atoms with Crippen molar-refractivity contribution in [3.63, 3.8) is 0 Å². The molecule has 32 heavy (non-hydrogen) atoms. The van der Waals surface area contributed by atoms with Gasteiger partial charge in [0.25, 0.3) is 11.1 Å². The molecule has 3 amide bonds. The summed E-state index contributed by atoms with van der Waals surface area (Å²) in [6, 6.07) is 7.35. The lowest BCUT2D eigenvalue weighted by Crippen LogP contribution is -2.26. The van der Waals surface area contributed by atoms with E-state index in [0.29, 0.717) is 34.1 Å². The van der Waals surface area contributed by atoms with Gasteiger partial charge in [-0.3, -0.25) is 19.7 Å². The molecule has 2 aliphatic rings. The number of nitrogens with one attached hydrogen (secondary N) is 2. The third-order valence-electron chi connectivity index (χ3n) is 5.31. The van der Waals surface area contributed by atoms with Crippen LogP contribution in [0.4, 0.5) is 23.7 Å². The lowest BCUT2D eigenvalue weighted by atomic mass is 9.84. The molecule has 10 heteroatoms. The average Bonchev–Trinajstić information content (AvgIpc) is 3.10. The van der Waals surface area contributed by atoms with Crippen molar-refractivity contribution in [2.75, 3.05) is 5.32 Å². The van der Waals surface area contributed by atoms with Crippen LogP contribution in [0.2, 0.25) is 0 Å². The normalized spacial score (nSPS) is 18.6. The number of rotatable bonds is 3. The molecule has 166 valence electrons. The Morgan fingerprint density at radius 1 is 1.03 bits per heavy atom. The minimum atomic E-state index is -4.91. The molecule has 2 aromatic rings. The lowest BCUT2D eigenvalue weighted by Gasteiger charge is -2.19. The van der Waals surface area contributed by atoms with E-state index in [-0.39, 0.29) is 16.4 Å². The smallest absolute Gasteiger partial charge is 0.405 e. The van der Waals surface area contributed by atoms with E-state index >= 15 is 0 Å². The second kappa shape index (κ2) is 7.40. The van der Waals surface area contributed by atoms with Crippen LogP contribution in [0, 0.1) is 6.92 Å². The van der Waals surface area contributed by atoms with Gasteiger partial charge in [-0.25, -0.2) is 0 Å². The van der Waals surface area contributed by atoms with Crippen molar-refractivity contribution < 1.29 is 32.3 Å². The summed E-state index contributed by atoms with van der Waals surface area (Å²) in [4.78, 5) is 35.7. The van der Waals surface area contributed by atoms with Gasteiger partial charge in [-0.1, -0.05) is 12.1 Å². The number of aryl methyl sites for hydroxylation is 1. The second-order valence-electron chi connectivity index (χ2n) is 7.95. The predicted molar refractivity (Wildman–Crippen MR) is 114 cm³/mol. The highest BCUT2D eigenvalue weighted by Crippen LogP contribution is 2.44. The fourth-order valence-corrected chi connectivity index (χ4v) is 4.34. The number of hydrogen-bond acceptors (Lipinski definition) is 5. The van der Waals surface area contributed by atoms with Crippen molar-refractivity contribution in [1.82, 2.24) is 5.32 Å². The first-order valence-corrected chi connectivity index (χ1v) is 10.3. The van der Waals surface area contributed by atoms with E-state index in [9.17, 15) is 27.6 Å². The van der Waals surface area contributed by atoms with E-state index in [1.807, 2.05) is 0 Å². The number of fused-ring (bicyclic) bond motifs is 1. The minimum Gasteiger partial charge on any atom is -0.405 e. The Kier molecular flexibility index (Phi) is 5.08. The van der Waals surface area contributed by atoms with Crippen molar-refractivity contribution in [2.45, 2.75) is 32.5 Å². The molecule has 0 saturated carbocycles. The summed E-state index contributed by atoms with van der Waals surface area (Å²) < 4.78 is 43.4. The van der Waals surface area contributed by atoms with E-state index in [1.165, 1.54) is 18.2 Å². The Bertz CT molecular complexity index is 1220. The Balaban J connectivity index is 1.86. The van der Waals surface area contributed by atoms with Crippen LogP contribution in [-0.2, 0) is 15.0 Å². The summed E-state index contributed by atoms with van der Waals surface area (Å²) in [7, 11) is 0. The van der Waals surface area contributed by atoms with Crippen LogP contribution in [0.5, 0.6) is 5.75 Å². The van der Waals surface area contributed by atoms with Gasteiger partial charge >= 0.3 is 6.36 Å². The number of anilines is 1. The minimum absolute atomic E-state index is 0.130. The van der Waals surface area contributed by atoms with Gasteiger partial charge in [0.2, 0.25) is 5.91 Å². The third kappa shape index (κ3) is 3.97. The largest absolute Gasteiger partial charge is 0.573 e. The zero-order valence-corrected chi connectivity index (χ0v) is 18.0. The summed E-state index contributed by atoms with van der Waals surface area (Å²) in [6.45, 7) is 5.27. The maximum atomic E-state index is 13.0. The van der Waals surface area contributed by atoms with Crippen LogP contribution in [-0.4, -0.2) is 23.4 Å². The van der Waals surface area contributed by atoms with Gasteiger partial charge in [-0.2, -0.15) is 0 Å². The van der Waals surface area contributed by atoms with Crippen LogP contribution in [0.1, 0.15) is 30.5 Å². The molecule has 0 bridgehead atoms. The van der Waals surface area contributed by atoms with Crippen LogP contribution in [0.3, 0.4) is 0 Å². The first kappa shape index (κ1) is 21.9. The average molecular weight is 462 g/mol. The number of benzene rings is 2. The number of hydrogen-bond donors (Lipinski definition) is 2. The fraction of sp³-hybridized carbons (Fsp3) is 0.227. The number of alkyl halides is 3. The zero-order valence-electron chi connectivity index (χ0n) is 17.1. The summed E-state index contributed by atoms with van der Waals surface area (Å²) in [5.74, 6) is -1.20. The van der Waals surface area contributed by atoms with Crippen LogP contribution >= 0.6 is 11.8 Å². The van der Waals surface area contributed by atoms with Crippen LogP contribution < -0.4 is 15.4 Å². The van der Waals surface area contributed by atoms with E-state index in [2.05, 4.69) is 15.4 Å². The van der Waals surface area contributed by atoms with Gasteiger partial charge in [0.1, 0.15) is 5.75 Å². The van der Waals surface area contributed by atoms with E-state index in [4.69, 9.17) is 0 Å². The molecule has 0 atom stereocenters. The molecule has 4 rings (SSSR count). The molecule has 2 heterocycles. The number of carbonyl (C=O) groups is 3. The standard InChI is InChI=1S/C22H17F3N2O4S/c1-10-6-14-15(26-19(29)21(14,2)3)9-12(10)13-7-11(4-5-16(13)31-22(23,24)25)8-17-18(28)27-20(30)32-17/h4-9H,1-3H3,(H,26,29)(H,27,28,30)/b17-8+.